The summed E-state index contributed by atoms with van der Waals surface area (Å²) in [5, 5.41) is 0.934. The predicted octanol–water partition coefficient (Wildman–Crippen LogP) is 4.36. The van der Waals surface area contributed by atoms with Crippen molar-refractivity contribution in [2.24, 2.45) is 11.8 Å². The fourth-order valence-corrected chi connectivity index (χ4v) is 8.14. The van der Waals surface area contributed by atoms with Crippen molar-refractivity contribution < 1.29 is 14.3 Å². The quantitative estimate of drug-likeness (QED) is 0.701. The molecule has 1 aromatic carbocycles. The van der Waals surface area contributed by atoms with Crippen molar-refractivity contribution in [3.8, 4) is 0 Å². The number of carbonyl (C=O) groups excluding carboxylic acids is 1. The molecule has 1 saturated carbocycles. The molecule has 2 bridgehead atoms. The molecule has 5 heteroatoms. The number of hydrogen-bond donors (Lipinski definition) is 0. The van der Waals surface area contributed by atoms with Gasteiger partial charge in [0.1, 0.15) is 6.10 Å². The summed E-state index contributed by atoms with van der Waals surface area (Å²) in [6, 6.07) is 8.85. The van der Waals surface area contributed by atoms with Gasteiger partial charge in [-0.2, -0.15) is 0 Å². The molecule has 0 aromatic heterocycles. The predicted molar refractivity (Wildman–Crippen MR) is 111 cm³/mol. The highest BCUT2D eigenvalue weighted by Crippen LogP contribution is 2.70. The van der Waals surface area contributed by atoms with Crippen LogP contribution < -0.4 is 0 Å². The molecular formula is C23H31NO3S. The number of methoxy groups -OCH3 is 1. The summed E-state index contributed by atoms with van der Waals surface area (Å²) >= 11 is 2.07. The number of carbonyl (C=O) groups is 1. The van der Waals surface area contributed by atoms with Gasteiger partial charge < -0.3 is 9.47 Å². The van der Waals surface area contributed by atoms with Gasteiger partial charge in [0.2, 0.25) is 0 Å². The minimum Gasteiger partial charge on any atom is -0.461 e. The van der Waals surface area contributed by atoms with E-state index >= 15 is 0 Å². The Hall–Kier alpha value is -1.04. The number of ether oxygens (including phenoxy) is 2. The Labute approximate surface area is 172 Å². The summed E-state index contributed by atoms with van der Waals surface area (Å²) in [4.78, 5) is 15.1. The van der Waals surface area contributed by atoms with Crippen LogP contribution in [0.4, 0.5) is 0 Å². The largest absolute Gasteiger partial charge is 0.461 e. The summed E-state index contributed by atoms with van der Waals surface area (Å²) in [5.74, 6) is 0.818. The Balaban J connectivity index is 1.32. The third-order valence-corrected chi connectivity index (χ3v) is 9.00. The SMILES string of the molecule is CO[C@H]1CC[C@@H](OC(=O)CN2CCCCCC2)C2C1[C@H]1S[C@@H]2c2ccccc21. The second-order valence-corrected chi connectivity index (χ2v) is 10.1. The molecule has 3 aliphatic heterocycles. The third kappa shape index (κ3) is 3.29. The topological polar surface area (TPSA) is 38.8 Å². The average molecular weight is 402 g/mol. The molecule has 4 nitrogen and oxygen atoms in total. The van der Waals surface area contributed by atoms with E-state index in [4.69, 9.17) is 9.47 Å². The number of esters is 1. The van der Waals surface area contributed by atoms with E-state index in [0.717, 1.165) is 25.9 Å². The van der Waals surface area contributed by atoms with E-state index in [2.05, 4.69) is 40.9 Å². The molecule has 3 heterocycles. The molecule has 2 unspecified atom stereocenters. The van der Waals surface area contributed by atoms with Crippen LogP contribution in [0.1, 0.15) is 60.2 Å². The number of nitrogens with zero attached hydrogens (tertiary/aromatic N) is 1. The smallest absolute Gasteiger partial charge is 0.320 e. The van der Waals surface area contributed by atoms with E-state index in [0.29, 0.717) is 28.9 Å². The van der Waals surface area contributed by atoms with Gasteiger partial charge in [0.05, 0.1) is 12.6 Å². The van der Waals surface area contributed by atoms with Crippen molar-refractivity contribution in [1.29, 1.82) is 0 Å². The van der Waals surface area contributed by atoms with Crippen molar-refractivity contribution >= 4 is 17.7 Å². The minimum atomic E-state index is -0.0254. The Kier molecular flexibility index (Phi) is 5.42. The lowest BCUT2D eigenvalue weighted by atomic mass is 9.66. The summed E-state index contributed by atoms with van der Waals surface area (Å²) < 4.78 is 12.1. The maximum atomic E-state index is 12.8. The Morgan fingerprint density at radius 2 is 1.61 bits per heavy atom. The van der Waals surface area contributed by atoms with E-state index in [1.54, 1.807) is 0 Å². The van der Waals surface area contributed by atoms with Crippen LogP contribution in [0.2, 0.25) is 0 Å². The Bertz CT molecular complexity index is 718. The molecule has 3 fully saturated rings. The molecule has 0 spiro atoms. The van der Waals surface area contributed by atoms with Crippen LogP contribution in [0.3, 0.4) is 0 Å². The fraction of sp³-hybridized carbons (Fsp3) is 0.696. The van der Waals surface area contributed by atoms with Gasteiger partial charge in [0.15, 0.2) is 0 Å². The molecule has 6 atom stereocenters. The first kappa shape index (κ1) is 19.0. The van der Waals surface area contributed by atoms with Crippen LogP contribution >= 0.6 is 11.8 Å². The molecular weight excluding hydrogens is 370 g/mol. The van der Waals surface area contributed by atoms with Gasteiger partial charge in [-0.1, -0.05) is 37.1 Å². The van der Waals surface area contributed by atoms with Crippen LogP contribution in [0.25, 0.3) is 0 Å². The number of benzene rings is 1. The Morgan fingerprint density at radius 3 is 2.25 bits per heavy atom. The van der Waals surface area contributed by atoms with E-state index < -0.39 is 0 Å². The van der Waals surface area contributed by atoms with Crippen molar-refractivity contribution in [3.05, 3.63) is 35.4 Å². The van der Waals surface area contributed by atoms with E-state index in [1.165, 1.54) is 36.8 Å². The molecule has 28 heavy (non-hydrogen) atoms. The van der Waals surface area contributed by atoms with E-state index in [9.17, 15) is 4.79 Å². The molecule has 5 rings (SSSR count). The normalized spacial score (nSPS) is 37.2. The number of thioether (sulfide) groups is 1. The van der Waals surface area contributed by atoms with E-state index in [1.807, 2.05) is 7.11 Å². The zero-order valence-electron chi connectivity index (χ0n) is 16.7. The summed E-state index contributed by atoms with van der Waals surface area (Å²) in [6.45, 7) is 2.52. The van der Waals surface area contributed by atoms with Crippen molar-refractivity contribution in [1.82, 2.24) is 4.90 Å². The number of likely N-dealkylation sites (tertiary alicyclic amines) is 1. The standard InChI is InChI=1S/C23H31NO3S/c1-26-17-10-11-18(27-19(25)14-24-12-6-2-3-7-13-24)21-20(17)22-15-8-4-5-9-16(15)23(21)28-22/h4-5,8-9,17-18,20-23H,2-3,6-7,10-14H2,1H3/t17-,18+,20?,21?,22-,23+/m0/s1. The van der Waals surface area contributed by atoms with E-state index in [-0.39, 0.29) is 18.2 Å². The van der Waals surface area contributed by atoms with Gasteiger partial charge in [0.25, 0.3) is 0 Å². The second-order valence-electron chi connectivity index (χ2n) is 8.83. The highest BCUT2D eigenvalue weighted by atomic mass is 32.2. The van der Waals surface area contributed by atoms with Crippen LogP contribution in [-0.2, 0) is 14.3 Å². The lowest BCUT2D eigenvalue weighted by Gasteiger charge is -2.44. The fourth-order valence-electron chi connectivity index (χ4n) is 6.03. The van der Waals surface area contributed by atoms with Crippen molar-refractivity contribution in [2.75, 3.05) is 26.7 Å². The van der Waals surface area contributed by atoms with Crippen LogP contribution in [-0.4, -0.2) is 49.8 Å². The monoisotopic (exact) mass is 401 g/mol. The number of hydrogen-bond acceptors (Lipinski definition) is 5. The molecule has 0 amide bonds. The van der Waals surface area contributed by atoms with Crippen LogP contribution in [0.5, 0.6) is 0 Å². The van der Waals surface area contributed by atoms with Gasteiger partial charge in [-0.15, -0.1) is 11.8 Å². The Morgan fingerprint density at radius 1 is 1.00 bits per heavy atom. The maximum absolute atomic E-state index is 12.8. The van der Waals surface area contributed by atoms with Gasteiger partial charge >= 0.3 is 5.97 Å². The summed E-state index contributed by atoms with van der Waals surface area (Å²) in [7, 11) is 1.84. The van der Waals surface area contributed by atoms with Gasteiger partial charge in [-0.25, -0.2) is 0 Å². The van der Waals surface area contributed by atoms with Crippen LogP contribution in [0.15, 0.2) is 24.3 Å². The third-order valence-electron chi connectivity index (χ3n) is 7.28. The van der Waals surface area contributed by atoms with Gasteiger partial charge in [0, 0.05) is 29.4 Å². The first-order chi connectivity index (χ1) is 13.8. The molecule has 1 aliphatic carbocycles. The summed E-state index contributed by atoms with van der Waals surface area (Å²) in [6.07, 6.45) is 7.21. The minimum absolute atomic E-state index is 0.0254. The van der Waals surface area contributed by atoms with Gasteiger partial charge in [-0.3, -0.25) is 9.69 Å². The van der Waals surface area contributed by atoms with Crippen molar-refractivity contribution in [3.63, 3.8) is 0 Å². The second kappa shape index (κ2) is 8.00. The lowest BCUT2D eigenvalue weighted by Crippen LogP contribution is -2.46. The molecule has 152 valence electrons. The highest BCUT2D eigenvalue weighted by molar-refractivity contribution is 8.00. The molecule has 0 N–H and O–H groups in total. The first-order valence-electron chi connectivity index (χ1n) is 10.9. The zero-order valence-corrected chi connectivity index (χ0v) is 17.5. The average Bonchev–Trinajstić information content (AvgIpc) is 3.18. The number of rotatable bonds is 4. The van der Waals surface area contributed by atoms with Crippen LogP contribution in [0, 0.1) is 11.8 Å². The number of fused-ring (bicyclic) bond motifs is 8. The maximum Gasteiger partial charge on any atom is 0.320 e. The molecule has 2 saturated heterocycles. The summed E-state index contributed by atoms with van der Waals surface area (Å²) in [5.41, 5.74) is 2.95. The highest BCUT2D eigenvalue weighted by Gasteiger charge is 2.59. The first-order valence-corrected chi connectivity index (χ1v) is 11.9. The lowest BCUT2D eigenvalue weighted by molar-refractivity contribution is -0.160. The molecule has 1 aromatic rings. The molecule has 0 radical (unpaired) electrons. The van der Waals surface area contributed by atoms with Crippen molar-refractivity contribution in [2.45, 2.75) is 61.2 Å². The van der Waals surface area contributed by atoms with Gasteiger partial charge in [-0.05, 0) is 49.9 Å². The molecule has 4 aliphatic rings. The zero-order chi connectivity index (χ0) is 19.1.